The second-order valence-electron chi connectivity index (χ2n) is 17.1. The van der Waals surface area contributed by atoms with E-state index in [4.69, 9.17) is 23.8 Å². The van der Waals surface area contributed by atoms with Gasteiger partial charge in [-0.15, -0.1) is 0 Å². The van der Waals surface area contributed by atoms with E-state index in [1.165, 1.54) is 27.1 Å². The van der Waals surface area contributed by atoms with Crippen LogP contribution in [-0.4, -0.2) is 19.5 Å². The highest BCUT2D eigenvalue weighted by atomic mass is 16.3. The van der Waals surface area contributed by atoms with Crippen molar-refractivity contribution in [1.29, 1.82) is 0 Å². The van der Waals surface area contributed by atoms with Crippen LogP contribution < -0.4 is 0 Å². The van der Waals surface area contributed by atoms with Gasteiger partial charge in [0.25, 0.3) is 0 Å². The highest BCUT2D eigenvalue weighted by Gasteiger charge is 2.24. The highest BCUT2D eigenvalue weighted by molar-refractivity contribution is 6.17. The van der Waals surface area contributed by atoms with Crippen molar-refractivity contribution in [3.8, 4) is 62.1 Å². The lowest BCUT2D eigenvalue weighted by molar-refractivity contribution is 0.668. The number of para-hydroxylation sites is 3. The molecule has 0 bridgehead atoms. The van der Waals surface area contributed by atoms with Gasteiger partial charge in [0.15, 0.2) is 17.5 Å². The molecule has 0 N–H and O–H groups in total. The lowest BCUT2D eigenvalue weighted by Gasteiger charge is -2.15. The van der Waals surface area contributed by atoms with Crippen molar-refractivity contribution in [2.45, 2.75) is 0 Å². The fraction of sp³-hybridized carbons (Fsp3) is 0. The van der Waals surface area contributed by atoms with Crippen molar-refractivity contribution in [1.82, 2.24) is 19.5 Å². The van der Waals surface area contributed by atoms with E-state index in [-0.39, 0.29) is 0 Å². The number of fused-ring (bicyclic) bond motifs is 10. The predicted octanol–water partition coefficient (Wildman–Crippen LogP) is 16.3. The summed E-state index contributed by atoms with van der Waals surface area (Å²) in [5.74, 6) is 1.63. The Balaban J connectivity index is 1.04. The standard InChI is InChI=1S/C61H36N4O2/c1-3-15-37(16-4-1)38-29-31-39(32-30-38)48-35-50-56(36-53(48)65-51-26-11-9-21-43(51)49-33-41-19-7-8-20-42(41)34-52(49)65)66-55-28-14-24-46(57(50)55)60-62-59(40-17-5-2-6-18-40)63-61(64-60)47-25-13-23-45-44-22-10-12-27-54(44)67-58(45)47/h1-36H. The van der Waals surface area contributed by atoms with Gasteiger partial charge in [0, 0.05) is 55.1 Å². The van der Waals surface area contributed by atoms with E-state index in [9.17, 15) is 0 Å². The largest absolute Gasteiger partial charge is 0.456 e. The van der Waals surface area contributed by atoms with E-state index in [2.05, 4.69) is 150 Å². The summed E-state index contributed by atoms with van der Waals surface area (Å²) in [7, 11) is 0. The van der Waals surface area contributed by atoms with Crippen molar-refractivity contribution in [3.63, 3.8) is 0 Å². The molecule has 0 atom stereocenters. The average Bonchev–Trinajstić information content (AvgIpc) is 4.07. The van der Waals surface area contributed by atoms with E-state index in [0.717, 1.165) is 94.0 Å². The zero-order valence-corrected chi connectivity index (χ0v) is 35.9. The van der Waals surface area contributed by atoms with Gasteiger partial charge >= 0.3 is 0 Å². The topological polar surface area (TPSA) is 69.9 Å². The van der Waals surface area contributed by atoms with Crippen molar-refractivity contribution in [2.24, 2.45) is 0 Å². The molecular formula is C61H36N4O2. The Kier molecular flexibility index (Phi) is 8.18. The molecule has 14 rings (SSSR count). The maximum atomic E-state index is 6.94. The van der Waals surface area contributed by atoms with Gasteiger partial charge in [-0.1, -0.05) is 170 Å². The first-order valence-corrected chi connectivity index (χ1v) is 22.5. The second-order valence-corrected chi connectivity index (χ2v) is 17.1. The molecule has 14 aromatic rings. The SMILES string of the molecule is c1ccc(-c2ccc(-c3cc4c(cc3-n3c5ccccc5c5cc6ccccc6cc53)oc3cccc(-c5nc(-c6ccccc6)nc(-c6cccc7c6oc6ccccc67)n5)c34)cc2)cc1. The Morgan fingerprint density at radius 1 is 0.313 bits per heavy atom. The summed E-state index contributed by atoms with van der Waals surface area (Å²) in [5, 5.41) is 8.74. The van der Waals surface area contributed by atoms with Gasteiger partial charge in [0.2, 0.25) is 0 Å². The number of rotatable bonds is 6. The average molecular weight is 857 g/mol. The predicted molar refractivity (Wildman–Crippen MR) is 273 cm³/mol. The number of hydrogen-bond donors (Lipinski definition) is 0. The Morgan fingerprint density at radius 2 is 0.910 bits per heavy atom. The van der Waals surface area contributed by atoms with E-state index < -0.39 is 0 Å². The van der Waals surface area contributed by atoms with Gasteiger partial charge in [-0.2, -0.15) is 0 Å². The minimum absolute atomic E-state index is 0.527. The summed E-state index contributed by atoms with van der Waals surface area (Å²) in [4.78, 5) is 15.7. The van der Waals surface area contributed by atoms with Crippen LogP contribution in [0.4, 0.5) is 0 Å². The third-order valence-corrected chi connectivity index (χ3v) is 13.3. The molecule has 0 radical (unpaired) electrons. The number of aromatic nitrogens is 4. The molecule has 0 amide bonds. The molecule has 6 nitrogen and oxygen atoms in total. The zero-order chi connectivity index (χ0) is 44.0. The number of benzene rings is 10. The molecule has 0 aliphatic carbocycles. The fourth-order valence-corrected chi connectivity index (χ4v) is 10.1. The molecule has 0 aliphatic rings. The van der Waals surface area contributed by atoms with Gasteiger partial charge in [0.05, 0.1) is 22.3 Å². The minimum atomic E-state index is 0.527. The molecule has 4 aromatic heterocycles. The maximum absolute atomic E-state index is 6.94. The lowest BCUT2D eigenvalue weighted by atomic mass is 9.96. The van der Waals surface area contributed by atoms with Crippen molar-refractivity contribution >= 4 is 76.5 Å². The molecule has 0 unspecified atom stereocenters. The number of furan rings is 2. The minimum Gasteiger partial charge on any atom is -0.456 e. The van der Waals surface area contributed by atoms with E-state index in [1.807, 2.05) is 72.8 Å². The maximum Gasteiger partial charge on any atom is 0.167 e. The first-order valence-electron chi connectivity index (χ1n) is 22.5. The van der Waals surface area contributed by atoms with Crippen LogP contribution in [-0.2, 0) is 0 Å². The molecule has 312 valence electrons. The highest BCUT2D eigenvalue weighted by Crippen LogP contribution is 2.44. The Labute approximate surface area is 383 Å². The van der Waals surface area contributed by atoms with Crippen molar-refractivity contribution < 1.29 is 8.83 Å². The van der Waals surface area contributed by atoms with Crippen molar-refractivity contribution in [2.75, 3.05) is 0 Å². The van der Waals surface area contributed by atoms with Crippen LogP contribution in [0.15, 0.2) is 227 Å². The van der Waals surface area contributed by atoms with Crippen LogP contribution in [0.1, 0.15) is 0 Å². The Bertz CT molecular complexity index is 4260. The molecule has 10 aromatic carbocycles. The quantitative estimate of drug-likeness (QED) is 0.167. The van der Waals surface area contributed by atoms with Gasteiger partial charge in [-0.05, 0) is 69.9 Å². The van der Waals surface area contributed by atoms with Gasteiger partial charge in [0.1, 0.15) is 22.3 Å². The van der Waals surface area contributed by atoms with E-state index in [0.29, 0.717) is 17.5 Å². The molecule has 67 heavy (non-hydrogen) atoms. The summed E-state index contributed by atoms with van der Waals surface area (Å²) in [5.41, 5.74) is 13.3. The molecule has 0 aliphatic heterocycles. The van der Waals surface area contributed by atoms with Crippen molar-refractivity contribution in [3.05, 3.63) is 218 Å². The number of nitrogens with zero attached hydrogens (tertiary/aromatic N) is 4. The fourth-order valence-electron chi connectivity index (χ4n) is 10.1. The van der Waals surface area contributed by atoms with Crippen LogP contribution >= 0.6 is 0 Å². The molecule has 0 spiro atoms. The zero-order valence-electron chi connectivity index (χ0n) is 35.9. The molecule has 0 saturated carbocycles. The first-order chi connectivity index (χ1) is 33.2. The van der Waals surface area contributed by atoms with E-state index in [1.54, 1.807) is 0 Å². The third kappa shape index (κ3) is 5.93. The molecule has 4 heterocycles. The summed E-state index contributed by atoms with van der Waals surface area (Å²) < 4.78 is 15.9. The smallest absolute Gasteiger partial charge is 0.167 e. The Hall–Kier alpha value is -9.13. The second kappa shape index (κ2) is 14.7. The molecule has 6 heteroatoms. The summed E-state index contributed by atoms with van der Waals surface area (Å²) in [6, 6.07) is 76.4. The molecular weight excluding hydrogens is 821 g/mol. The number of hydrogen-bond acceptors (Lipinski definition) is 5. The molecule has 0 saturated heterocycles. The Morgan fingerprint density at radius 3 is 1.73 bits per heavy atom. The third-order valence-electron chi connectivity index (χ3n) is 13.3. The van der Waals surface area contributed by atoms with Crippen LogP contribution in [0.2, 0.25) is 0 Å². The van der Waals surface area contributed by atoms with E-state index >= 15 is 0 Å². The monoisotopic (exact) mass is 856 g/mol. The van der Waals surface area contributed by atoms with Crippen LogP contribution in [0.3, 0.4) is 0 Å². The van der Waals surface area contributed by atoms with Crippen LogP contribution in [0.5, 0.6) is 0 Å². The van der Waals surface area contributed by atoms with Gasteiger partial charge in [-0.3, -0.25) is 0 Å². The van der Waals surface area contributed by atoms with Crippen LogP contribution in [0.25, 0.3) is 139 Å². The van der Waals surface area contributed by atoms with Gasteiger partial charge in [-0.25, -0.2) is 15.0 Å². The summed E-state index contributed by atoms with van der Waals surface area (Å²) in [6.07, 6.45) is 0. The summed E-state index contributed by atoms with van der Waals surface area (Å²) >= 11 is 0. The first kappa shape index (κ1) is 37.3. The summed E-state index contributed by atoms with van der Waals surface area (Å²) in [6.45, 7) is 0. The van der Waals surface area contributed by atoms with Crippen LogP contribution in [0, 0.1) is 0 Å². The molecule has 0 fully saturated rings. The lowest BCUT2D eigenvalue weighted by Crippen LogP contribution is -2.00. The van der Waals surface area contributed by atoms with Gasteiger partial charge < -0.3 is 13.4 Å². The normalized spacial score (nSPS) is 11.9.